The summed E-state index contributed by atoms with van der Waals surface area (Å²) in [4.78, 5) is 15.2. The Bertz CT molecular complexity index is 338. The van der Waals surface area contributed by atoms with E-state index >= 15 is 0 Å². The van der Waals surface area contributed by atoms with Gasteiger partial charge in [-0.05, 0) is 12.5 Å². The zero-order valence-electron chi connectivity index (χ0n) is 9.69. The summed E-state index contributed by atoms with van der Waals surface area (Å²) in [6.45, 7) is 2.32. The van der Waals surface area contributed by atoms with Gasteiger partial charge in [0.05, 0.1) is 14.2 Å². The third-order valence-electron chi connectivity index (χ3n) is 2.17. The molecule has 5 heteroatoms. The predicted octanol–water partition coefficient (Wildman–Crippen LogP) is 0.741. The van der Waals surface area contributed by atoms with Crippen LogP contribution in [0.4, 0.5) is 0 Å². The molecule has 0 bridgehead atoms. The van der Waals surface area contributed by atoms with E-state index in [9.17, 15) is 4.79 Å². The first kappa shape index (κ1) is 12.4. The molecule has 1 aromatic rings. The Morgan fingerprint density at radius 3 is 2.75 bits per heavy atom. The molecule has 0 aromatic carbocycles. The molecule has 0 radical (unpaired) electrons. The highest BCUT2D eigenvalue weighted by Crippen LogP contribution is 2.06. The number of rotatable bonds is 5. The van der Waals surface area contributed by atoms with Crippen LogP contribution >= 0.6 is 0 Å². The van der Waals surface area contributed by atoms with E-state index in [1.807, 2.05) is 6.07 Å². The number of esters is 1. The van der Waals surface area contributed by atoms with Crippen LogP contribution in [0.3, 0.4) is 0 Å². The van der Waals surface area contributed by atoms with Crippen LogP contribution in [0.15, 0.2) is 18.3 Å². The maximum Gasteiger partial charge on any atom is 0.322 e. The topological polar surface area (TPSA) is 60.5 Å². The van der Waals surface area contributed by atoms with E-state index in [0.717, 1.165) is 5.56 Å². The molecule has 5 nitrogen and oxygen atoms in total. The second-order valence-corrected chi connectivity index (χ2v) is 3.33. The van der Waals surface area contributed by atoms with Crippen molar-refractivity contribution in [2.45, 2.75) is 19.5 Å². The largest absolute Gasteiger partial charge is 0.481 e. The predicted molar refractivity (Wildman–Crippen MR) is 59.1 cm³/mol. The number of hydrogen-bond donors (Lipinski definition) is 1. The van der Waals surface area contributed by atoms with Gasteiger partial charge in [0.2, 0.25) is 5.88 Å². The van der Waals surface area contributed by atoms with E-state index in [1.165, 1.54) is 7.11 Å². The summed E-state index contributed by atoms with van der Waals surface area (Å²) in [5, 5.41) is 3.03. The van der Waals surface area contributed by atoms with E-state index in [4.69, 9.17) is 4.74 Å². The molecular weight excluding hydrogens is 208 g/mol. The molecule has 0 amide bonds. The Morgan fingerprint density at radius 1 is 1.50 bits per heavy atom. The third kappa shape index (κ3) is 3.51. The Morgan fingerprint density at radius 2 is 2.25 bits per heavy atom. The summed E-state index contributed by atoms with van der Waals surface area (Å²) >= 11 is 0. The van der Waals surface area contributed by atoms with Gasteiger partial charge in [-0.15, -0.1) is 0 Å². The van der Waals surface area contributed by atoms with Gasteiger partial charge in [-0.2, -0.15) is 0 Å². The summed E-state index contributed by atoms with van der Waals surface area (Å²) in [7, 11) is 2.94. The van der Waals surface area contributed by atoms with Gasteiger partial charge in [-0.1, -0.05) is 6.07 Å². The lowest BCUT2D eigenvalue weighted by atomic mass is 10.2. The lowest BCUT2D eigenvalue weighted by Crippen LogP contribution is -2.34. The average molecular weight is 224 g/mol. The van der Waals surface area contributed by atoms with Crippen molar-refractivity contribution in [3.05, 3.63) is 23.9 Å². The molecule has 0 spiro atoms. The number of methoxy groups -OCH3 is 2. The molecule has 0 fully saturated rings. The second-order valence-electron chi connectivity index (χ2n) is 3.33. The van der Waals surface area contributed by atoms with E-state index in [2.05, 4.69) is 15.0 Å². The fraction of sp³-hybridized carbons (Fsp3) is 0.455. The van der Waals surface area contributed by atoms with Crippen molar-refractivity contribution in [3.8, 4) is 5.88 Å². The quantitative estimate of drug-likeness (QED) is 0.747. The minimum absolute atomic E-state index is 0.276. The van der Waals surface area contributed by atoms with Gasteiger partial charge in [0.1, 0.15) is 6.04 Å². The molecule has 0 unspecified atom stereocenters. The molecule has 1 atom stereocenters. The summed E-state index contributed by atoms with van der Waals surface area (Å²) in [5.74, 6) is 0.297. The molecule has 0 saturated heterocycles. The summed E-state index contributed by atoms with van der Waals surface area (Å²) in [5.41, 5.74) is 0.983. The Kier molecular flexibility index (Phi) is 4.72. The fourth-order valence-electron chi connectivity index (χ4n) is 1.17. The van der Waals surface area contributed by atoms with Crippen molar-refractivity contribution >= 4 is 5.97 Å². The third-order valence-corrected chi connectivity index (χ3v) is 2.17. The number of nitrogens with zero attached hydrogens (tertiary/aromatic N) is 1. The van der Waals surface area contributed by atoms with Gasteiger partial charge in [0.25, 0.3) is 0 Å². The highest BCUT2D eigenvalue weighted by atomic mass is 16.5. The molecule has 1 heterocycles. The minimum atomic E-state index is -0.327. The Labute approximate surface area is 94.8 Å². The zero-order chi connectivity index (χ0) is 12.0. The second kappa shape index (κ2) is 6.07. The van der Waals surface area contributed by atoms with Crippen LogP contribution in [-0.4, -0.2) is 31.2 Å². The molecule has 1 aromatic heterocycles. The van der Waals surface area contributed by atoms with Crippen LogP contribution in [0.2, 0.25) is 0 Å². The van der Waals surface area contributed by atoms with Gasteiger partial charge in [0.15, 0.2) is 0 Å². The van der Waals surface area contributed by atoms with E-state index in [0.29, 0.717) is 12.4 Å². The monoisotopic (exact) mass is 224 g/mol. The van der Waals surface area contributed by atoms with Crippen molar-refractivity contribution in [2.75, 3.05) is 14.2 Å². The van der Waals surface area contributed by atoms with Crippen LogP contribution in [0.5, 0.6) is 5.88 Å². The highest BCUT2D eigenvalue weighted by molar-refractivity contribution is 5.75. The van der Waals surface area contributed by atoms with E-state index in [1.54, 1.807) is 26.3 Å². The SMILES string of the molecule is COC(=O)[C@H](C)NCc1ccc(OC)nc1. The molecule has 1 rings (SSSR count). The molecule has 0 aliphatic heterocycles. The first-order valence-corrected chi connectivity index (χ1v) is 4.97. The molecule has 0 aliphatic carbocycles. The minimum Gasteiger partial charge on any atom is -0.481 e. The Balaban J connectivity index is 2.45. The number of ether oxygens (including phenoxy) is 2. The van der Waals surface area contributed by atoms with E-state index < -0.39 is 0 Å². The number of carbonyl (C=O) groups excluding carboxylic acids is 1. The molecule has 1 N–H and O–H groups in total. The normalized spacial score (nSPS) is 11.9. The molecular formula is C11H16N2O3. The number of pyridine rings is 1. The molecule has 0 aliphatic rings. The summed E-state index contributed by atoms with van der Waals surface area (Å²) < 4.78 is 9.54. The van der Waals surface area contributed by atoms with Gasteiger partial charge in [0, 0.05) is 18.8 Å². The number of hydrogen-bond acceptors (Lipinski definition) is 5. The van der Waals surface area contributed by atoms with E-state index in [-0.39, 0.29) is 12.0 Å². The smallest absolute Gasteiger partial charge is 0.322 e. The fourth-order valence-corrected chi connectivity index (χ4v) is 1.17. The standard InChI is InChI=1S/C11H16N2O3/c1-8(11(14)16-3)12-6-9-4-5-10(15-2)13-7-9/h4-5,7-8,12H,6H2,1-3H3/t8-/m0/s1. The van der Waals surface area contributed by atoms with Gasteiger partial charge >= 0.3 is 5.97 Å². The first-order chi connectivity index (χ1) is 7.67. The van der Waals surface area contributed by atoms with Crippen LogP contribution < -0.4 is 10.1 Å². The molecule has 88 valence electrons. The van der Waals surface area contributed by atoms with Crippen molar-refractivity contribution in [1.29, 1.82) is 0 Å². The molecule has 0 saturated carbocycles. The maximum atomic E-state index is 11.1. The number of nitrogens with one attached hydrogen (secondary N) is 1. The maximum absolute atomic E-state index is 11.1. The van der Waals surface area contributed by atoms with Gasteiger partial charge in [-0.3, -0.25) is 4.79 Å². The van der Waals surface area contributed by atoms with Crippen molar-refractivity contribution in [3.63, 3.8) is 0 Å². The lowest BCUT2D eigenvalue weighted by Gasteiger charge is -2.11. The van der Waals surface area contributed by atoms with Crippen LogP contribution in [0.25, 0.3) is 0 Å². The molecule has 16 heavy (non-hydrogen) atoms. The Hall–Kier alpha value is -1.62. The van der Waals surface area contributed by atoms with Crippen molar-refractivity contribution in [1.82, 2.24) is 10.3 Å². The highest BCUT2D eigenvalue weighted by Gasteiger charge is 2.11. The van der Waals surface area contributed by atoms with Crippen molar-refractivity contribution in [2.24, 2.45) is 0 Å². The van der Waals surface area contributed by atoms with Gasteiger partial charge in [-0.25, -0.2) is 4.98 Å². The summed E-state index contributed by atoms with van der Waals surface area (Å²) in [6.07, 6.45) is 1.70. The van der Waals surface area contributed by atoms with Crippen LogP contribution in [0, 0.1) is 0 Å². The number of carbonyl (C=O) groups is 1. The lowest BCUT2D eigenvalue weighted by molar-refractivity contribution is -0.142. The van der Waals surface area contributed by atoms with Crippen molar-refractivity contribution < 1.29 is 14.3 Å². The van der Waals surface area contributed by atoms with Gasteiger partial charge < -0.3 is 14.8 Å². The first-order valence-electron chi connectivity index (χ1n) is 4.97. The summed E-state index contributed by atoms with van der Waals surface area (Å²) in [6, 6.07) is 3.34. The van der Waals surface area contributed by atoms with Crippen LogP contribution in [0.1, 0.15) is 12.5 Å². The average Bonchev–Trinajstić information content (AvgIpc) is 2.35. The van der Waals surface area contributed by atoms with Crippen LogP contribution in [-0.2, 0) is 16.1 Å². The zero-order valence-corrected chi connectivity index (χ0v) is 9.69. The number of aromatic nitrogens is 1.